The predicted molar refractivity (Wildman–Crippen MR) is 290 cm³/mol. The normalized spacial score (nSPS) is 14.9. The van der Waals surface area contributed by atoms with E-state index in [0.717, 1.165) is 72.1 Å². The second-order valence-corrected chi connectivity index (χ2v) is 26.3. The van der Waals surface area contributed by atoms with Crippen LogP contribution in [-0.2, 0) is 60.2 Å². The third-order valence-corrected chi connectivity index (χ3v) is 17.4. The zero-order valence-corrected chi connectivity index (χ0v) is 45.6. The Balaban J connectivity index is 1.38. The van der Waals surface area contributed by atoms with Crippen LogP contribution < -0.4 is 28.7 Å². The number of hydrogen-bond acceptors (Lipinski definition) is 4. The number of rotatable bonds is 6. The smallest absolute Gasteiger partial charge is 0.327 e. The van der Waals surface area contributed by atoms with Crippen LogP contribution >= 0.6 is 16.8 Å². The maximum Gasteiger partial charge on any atom is 0.327 e. The SMILES string of the molecule is CCc1cc2c(c(C(C)(C)C)c1)OP(c1ccc3c(c1P1Oc4c(cc(CC)cc4C(C)(C)C)Cc4cc(CC)cc(C(C)(C)C)c4O1)-c1ccccc1-3)Oc1c(cc(CC)cc1C(C)(C)C)C2. The number of benzene rings is 6. The van der Waals surface area contributed by atoms with Crippen LogP contribution in [0.1, 0.15) is 178 Å². The van der Waals surface area contributed by atoms with Crippen LogP contribution in [0.15, 0.2) is 84.9 Å². The third kappa shape index (κ3) is 8.81. The van der Waals surface area contributed by atoms with E-state index in [1.807, 2.05) is 0 Å². The summed E-state index contributed by atoms with van der Waals surface area (Å²) >= 11 is 0. The number of fused-ring (bicyclic) bond motifs is 8. The van der Waals surface area contributed by atoms with Crippen LogP contribution in [0.3, 0.4) is 0 Å². The molecule has 6 heteroatoms. The second kappa shape index (κ2) is 17.7. The molecule has 0 radical (unpaired) electrons. The van der Waals surface area contributed by atoms with Gasteiger partial charge in [-0.15, -0.1) is 0 Å². The molecule has 6 aromatic rings. The van der Waals surface area contributed by atoms with E-state index in [0.29, 0.717) is 0 Å². The third-order valence-electron chi connectivity index (χ3n) is 14.2. The lowest BCUT2D eigenvalue weighted by Crippen LogP contribution is -2.34. The van der Waals surface area contributed by atoms with Crippen molar-refractivity contribution in [3.05, 3.63) is 152 Å². The van der Waals surface area contributed by atoms with E-state index in [1.165, 1.54) is 89.0 Å². The minimum absolute atomic E-state index is 0.187. The Labute approximate surface area is 411 Å². The fourth-order valence-corrected chi connectivity index (χ4v) is 13.9. The van der Waals surface area contributed by atoms with Crippen molar-refractivity contribution in [2.75, 3.05) is 0 Å². The van der Waals surface area contributed by atoms with Crippen molar-refractivity contribution in [2.45, 2.75) is 171 Å². The quantitative estimate of drug-likeness (QED) is 0.156. The topological polar surface area (TPSA) is 36.9 Å². The first-order valence-corrected chi connectivity index (χ1v) is 27.6. The summed E-state index contributed by atoms with van der Waals surface area (Å²) in [7, 11) is -3.70. The fourth-order valence-electron chi connectivity index (χ4n) is 10.3. The zero-order chi connectivity index (χ0) is 48.8. The summed E-state index contributed by atoms with van der Waals surface area (Å²) in [6.45, 7) is 36.8. The van der Waals surface area contributed by atoms with Gasteiger partial charge in [0.2, 0.25) is 0 Å². The lowest BCUT2D eigenvalue weighted by molar-refractivity contribution is 0.453. The highest BCUT2D eigenvalue weighted by atomic mass is 31.2. The van der Waals surface area contributed by atoms with Crippen molar-refractivity contribution in [3.8, 4) is 45.3 Å². The van der Waals surface area contributed by atoms with Crippen molar-refractivity contribution in [2.24, 2.45) is 0 Å². The Morgan fingerprint density at radius 1 is 0.382 bits per heavy atom. The molecule has 4 nitrogen and oxygen atoms in total. The summed E-state index contributed by atoms with van der Waals surface area (Å²) in [5.74, 6) is 3.75. The van der Waals surface area contributed by atoms with Gasteiger partial charge in [-0.2, -0.15) is 0 Å². The van der Waals surface area contributed by atoms with Crippen molar-refractivity contribution in [3.63, 3.8) is 0 Å². The molecule has 0 N–H and O–H groups in total. The summed E-state index contributed by atoms with van der Waals surface area (Å²) in [6, 6.07) is 32.5. The Morgan fingerprint density at radius 2 is 0.706 bits per heavy atom. The zero-order valence-electron chi connectivity index (χ0n) is 43.9. The minimum Gasteiger partial charge on any atom is -0.435 e. The summed E-state index contributed by atoms with van der Waals surface area (Å²) in [5.41, 5.74) is 19.1. The summed E-state index contributed by atoms with van der Waals surface area (Å²) in [4.78, 5) is 0. The summed E-state index contributed by atoms with van der Waals surface area (Å²) in [6.07, 6.45) is 5.22. The predicted octanol–water partition coefficient (Wildman–Crippen LogP) is 16.8. The van der Waals surface area contributed by atoms with Crippen molar-refractivity contribution < 1.29 is 18.1 Å². The molecule has 0 saturated heterocycles. The number of aryl methyl sites for hydroxylation is 4. The molecule has 2 heterocycles. The molecular formula is C62H74O4P2. The first-order valence-electron chi connectivity index (χ1n) is 25.3. The van der Waals surface area contributed by atoms with E-state index in [4.69, 9.17) is 18.1 Å². The molecule has 1 aliphatic carbocycles. The van der Waals surface area contributed by atoms with E-state index < -0.39 is 16.8 Å². The highest BCUT2D eigenvalue weighted by Crippen LogP contribution is 2.59. The lowest BCUT2D eigenvalue weighted by Gasteiger charge is -2.37. The molecule has 0 aromatic heterocycles. The van der Waals surface area contributed by atoms with Gasteiger partial charge in [-0.3, -0.25) is 0 Å². The Hall–Kier alpha value is -4.62. The van der Waals surface area contributed by atoms with Crippen molar-refractivity contribution in [1.82, 2.24) is 0 Å². The van der Waals surface area contributed by atoms with Crippen LogP contribution in [0, 0.1) is 0 Å². The average Bonchev–Trinajstić information content (AvgIpc) is 3.25. The van der Waals surface area contributed by atoms with Crippen LogP contribution in [-0.4, -0.2) is 0 Å². The highest BCUT2D eigenvalue weighted by Gasteiger charge is 2.43. The van der Waals surface area contributed by atoms with Gasteiger partial charge in [-0.25, -0.2) is 0 Å². The van der Waals surface area contributed by atoms with E-state index in [1.54, 1.807) is 0 Å². The monoisotopic (exact) mass is 945 g/mol. The maximum atomic E-state index is 7.83. The standard InChI is InChI=1S/C62H74O4P2/c1-17-37-27-41-35-42-28-38(18-2)32-49(60(8,9)10)55(42)64-67(63-54(41)48(31-37)59(5,6)7)52-26-25-47-45-23-21-22-24-46(45)53(47)58(52)68-65-56-43(29-39(19-3)33-50(56)61(11,12)13)36-44-30-40(20-4)34-51(57(44)66-68)62(14,15)16/h21-34H,17-20,35-36H2,1-16H3. The van der Waals surface area contributed by atoms with Gasteiger partial charge in [0.1, 0.15) is 23.0 Å². The van der Waals surface area contributed by atoms with Gasteiger partial charge < -0.3 is 18.1 Å². The molecule has 3 aliphatic rings. The molecule has 0 atom stereocenters. The Bertz CT molecular complexity index is 2800. The molecule has 68 heavy (non-hydrogen) atoms. The first-order chi connectivity index (χ1) is 32.0. The second-order valence-electron chi connectivity index (χ2n) is 23.6. The van der Waals surface area contributed by atoms with Crippen LogP contribution in [0.5, 0.6) is 23.0 Å². The van der Waals surface area contributed by atoms with Crippen LogP contribution in [0.25, 0.3) is 22.3 Å². The summed E-state index contributed by atoms with van der Waals surface area (Å²) < 4.78 is 31.2. The molecule has 0 bridgehead atoms. The molecule has 0 fully saturated rings. The van der Waals surface area contributed by atoms with E-state index in [-0.39, 0.29) is 21.7 Å². The van der Waals surface area contributed by atoms with Gasteiger partial charge in [0.25, 0.3) is 0 Å². The Morgan fingerprint density at radius 3 is 1.03 bits per heavy atom. The molecule has 6 aromatic carbocycles. The average molecular weight is 945 g/mol. The Kier molecular flexibility index (Phi) is 12.6. The summed E-state index contributed by atoms with van der Waals surface area (Å²) in [5, 5.41) is 2.03. The van der Waals surface area contributed by atoms with Crippen molar-refractivity contribution in [1.29, 1.82) is 0 Å². The molecule has 2 aliphatic heterocycles. The van der Waals surface area contributed by atoms with E-state index in [9.17, 15) is 0 Å². The lowest BCUT2D eigenvalue weighted by atomic mass is 9.81. The van der Waals surface area contributed by atoms with Crippen LogP contribution in [0.2, 0.25) is 0 Å². The first kappa shape index (κ1) is 48.4. The maximum absolute atomic E-state index is 7.83. The largest absolute Gasteiger partial charge is 0.435 e. The van der Waals surface area contributed by atoms with Gasteiger partial charge in [0.05, 0.1) is 10.6 Å². The van der Waals surface area contributed by atoms with Gasteiger partial charge in [-0.05, 0) is 115 Å². The van der Waals surface area contributed by atoms with Crippen molar-refractivity contribution >= 4 is 27.4 Å². The highest BCUT2D eigenvalue weighted by molar-refractivity contribution is 7.64. The molecule has 0 amide bonds. The van der Waals surface area contributed by atoms with Gasteiger partial charge in [-0.1, -0.05) is 190 Å². The molecule has 0 saturated carbocycles. The van der Waals surface area contributed by atoms with Gasteiger partial charge in [0, 0.05) is 40.7 Å². The molecule has 0 unspecified atom stereocenters. The van der Waals surface area contributed by atoms with E-state index in [2.05, 4.69) is 196 Å². The molecule has 356 valence electrons. The molecule has 0 spiro atoms. The van der Waals surface area contributed by atoms with Gasteiger partial charge in [0.15, 0.2) is 0 Å². The van der Waals surface area contributed by atoms with Crippen LogP contribution in [0.4, 0.5) is 0 Å². The molecule has 9 rings (SSSR count). The minimum atomic E-state index is -1.86. The number of hydrogen-bond donors (Lipinski definition) is 0. The molecular weight excluding hydrogens is 871 g/mol. The van der Waals surface area contributed by atoms with Gasteiger partial charge >= 0.3 is 16.8 Å². The fraction of sp³-hybridized carbons (Fsp3) is 0.419. The van der Waals surface area contributed by atoms with E-state index >= 15 is 0 Å².